The normalized spacial score (nSPS) is 16.8. The van der Waals surface area contributed by atoms with E-state index < -0.39 is 0 Å². The monoisotopic (exact) mass is 354 g/mol. The number of carbonyl (C=O) groups excluding carboxylic acids is 2. The van der Waals surface area contributed by atoms with Gasteiger partial charge < -0.3 is 9.80 Å². The molecule has 1 atom stereocenters. The number of benzene rings is 2. The molecule has 1 unspecified atom stereocenters. The summed E-state index contributed by atoms with van der Waals surface area (Å²) < 4.78 is 13.0. The van der Waals surface area contributed by atoms with Crippen LogP contribution >= 0.6 is 0 Å². The van der Waals surface area contributed by atoms with Crippen molar-refractivity contribution in [2.75, 3.05) is 18.0 Å². The Hall–Kier alpha value is -2.69. The molecule has 3 rings (SSSR count). The summed E-state index contributed by atoms with van der Waals surface area (Å²) in [5.74, 6) is -0.698. The zero-order valence-corrected chi connectivity index (χ0v) is 15.1. The predicted molar refractivity (Wildman–Crippen MR) is 99.1 cm³/mol. The first-order chi connectivity index (χ1) is 12.5. The van der Waals surface area contributed by atoms with E-state index in [4.69, 9.17) is 0 Å². The topological polar surface area (TPSA) is 40.6 Å². The molecule has 0 radical (unpaired) electrons. The number of nitrogens with zero attached hydrogens (tertiary/aromatic N) is 2. The quantitative estimate of drug-likeness (QED) is 0.824. The lowest BCUT2D eigenvalue weighted by atomic mass is 10.1. The Kier molecular flexibility index (Phi) is 5.35. The molecule has 1 aliphatic rings. The maximum Gasteiger partial charge on any atom is 0.232 e. The smallest absolute Gasteiger partial charge is 0.232 e. The molecule has 2 aromatic rings. The van der Waals surface area contributed by atoms with Gasteiger partial charge in [0.25, 0.3) is 0 Å². The van der Waals surface area contributed by atoms with Crippen molar-refractivity contribution < 1.29 is 14.0 Å². The summed E-state index contributed by atoms with van der Waals surface area (Å²) >= 11 is 0. The van der Waals surface area contributed by atoms with Crippen LogP contribution in [0.5, 0.6) is 0 Å². The lowest BCUT2D eigenvalue weighted by Gasteiger charge is -2.24. The number of rotatable bonds is 5. The van der Waals surface area contributed by atoms with Gasteiger partial charge >= 0.3 is 0 Å². The van der Waals surface area contributed by atoms with Crippen LogP contribution < -0.4 is 4.90 Å². The molecule has 26 heavy (non-hydrogen) atoms. The molecule has 4 nitrogen and oxygen atoms in total. The highest BCUT2D eigenvalue weighted by Gasteiger charge is 2.36. The Bertz CT molecular complexity index is 804. The lowest BCUT2D eigenvalue weighted by molar-refractivity contribution is -0.128. The van der Waals surface area contributed by atoms with Gasteiger partial charge in [0.15, 0.2) is 0 Å². The van der Waals surface area contributed by atoms with Crippen LogP contribution in [0.25, 0.3) is 0 Å². The van der Waals surface area contributed by atoms with E-state index in [-0.39, 0.29) is 30.0 Å². The number of hydrogen-bond acceptors (Lipinski definition) is 2. The molecule has 2 amide bonds. The van der Waals surface area contributed by atoms with E-state index in [1.54, 1.807) is 21.9 Å². The van der Waals surface area contributed by atoms with Gasteiger partial charge in [-0.1, -0.05) is 24.3 Å². The average molecular weight is 354 g/mol. The molecule has 1 heterocycles. The van der Waals surface area contributed by atoms with Crippen LogP contribution in [0.15, 0.2) is 48.5 Å². The van der Waals surface area contributed by atoms with Crippen LogP contribution in [0.1, 0.15) is 24.5 Å². The summed E-state index contributed by atoms with van der Waals surface area (Å²) in [6.07, 6.45) is 0.225. The predicted octanol–water partition coefficient (Wildman–Crippen LogP) is 3.54. The summed E-state index contributed by atoms with van der Waals surface area (Å²) in [5, 5.41) is 0. The molecule has 2 aromatic carbocycles. The Balaban J connectivity index is 1.70. The van der Waals surface area contributed by atoms with E-state index in [9.17, 15) is 14.0 Å². The third-order valence-electron chi connectivity index (χ3n) is 4.75. The van der Waals surface area contributed by atoms with Crippen LogP contribution in [0.2, 0.25) is 0 Å². The van der Waals surface area contributed by atoms with E-state index in [0.717, 1.165) is 16.8 Å². The van der Waals surface area contributed by atoms with E-state index in [1.165, 1.54) is 12.1 Å². The molecule has 0 aliphatic carbocycles. The average Bonchev–Trinajstić information content (AvgIpc) is 2.98. The van der Waals surface area contributed by atoms with Gasteiger partial charge in [0.1, 0.15) is 5.82 Å². The molecule has 136 valence electrons. The summed E-state index contributed by atoms with van der Waals surface area (Å²) in [7, 11) is 0. The summed E-state index contributed by atoms with van der Waals surface area (Å²) in [4.78, 5) is 28.7. The van der Waals surface area contributed by atoms with Crippen molar-refractivity contribution in [2.24, 2.45) is 5.92 Å². The number of halogens is 1. The van der Waals surface area contributed by atoms with Gasteiger partial charge in [-0.3, -0.25) is 9.59 Å². The molecule has 1 fully saturated rings. The van der Waals surface area contributed by atoms with E-state index in [0.29, 0.717) is 19.6 Å². The largest absolute Gasteiger partial charge is 0.338 e. The summed E-state index contributed by atoms with van der Waals surface area (Å²) in [6.45, 7) is 5.29. The van der Waals surface area contributed by atoms with Crippen LogP contribution in [-0.2, 0) is 16.1 Å². The van der Waals surface area contributed by atoms with Crippen molar-refractivity contribution in [3.05, 3.63) is 65.5 Å². The van der Waals surface area contributed by atoms with Gasteiger partial charge in [-0.25, -0.2) is 4.39 Å². The van der Waals surface area contributed by atoms with Gasteiger partial charge in [-0.05, 0) is 49.2 Å². The number of likely N-dealkylation sites (tertiary alicyclic amines) is 1. The second-order valence-electron chi connectivity index (χ2n) is 6.72. The molecule has 0 saturated carbocycles. The summed E-state index contributed by atoms with van der Waals surface area (Å²) in [5.41, 5.74) is 2.81. The number of carbonyl (C=O) groups is 2. The van der Waals surface area contributed by atoms with Gasteiger partial charge in [0.05, 0.1) is 5.92 Å². The second kappa shape index (κ2) is 7.68. The molecule has 1 aliphatic heterocycles. The van der Waals surface area contributed by atoms with Crippen LogP contribution in [-0.4, -0.2) is 29.8 Å². The van der Waals surface area contributed by atoms with Gasteiger partial charge in [0.2, 0.25) is 11.8 Å². The van der Waals surface area contributed by atoms with E-state index >= 15 is 0 Å². The lowest BCUT2D eigenvalue weighted by Crippen LogP contribution is -2.37. The SMILES string of the molecule is CCN(C(=O)C1CC(=O)N(Cc2ccc(F)cc2)C1)c1cccc(C)c1. The maximum atomic E-state index is 13.0. The fraction of sp³-hybridized carbons (Fsp3) is 0.333. The molecule has 0 aromatic heterocycles. The Labute approximate surface area is 153 Å². The molecular weight excluding hydrogens is 331 g/mol. The molecule has 1 saturated heterocycles. The highest BCUT2D eigenvalue weighted by Crippen LogP contribution is 2.25. The van der Waals surface area contributed by atoms with Crippen molar-refractivity contribution in [2.45, 2.75) is 26.8 Å². The molecule has 0 bridgehead atoms. The van der Waals surface area contributed by atoms with Crippen molar-refractivity contribution in [1.82, 2.24) is 4.90 Å². The molecule has 0 spiro atoms. The highest BCUT2D eigenvalue weighted by molar-refractivity contribution is 5.99. The zero-order valence-electron chi connectivity index (χ0n) is 15.1. The number of anilines is 1. The third-order valence-corrected chi connectivity index (χ3v) is 4.75. The first kappa shape index (κ1) is 18.1. The zero-order chi connectivity index (χ0) is 18.7. The number of aryl methyl sites for hydroxylation is 1. The van der Waals surface area contributed by atoms with Crippen LogP contribution in [0.3, 0.4) is 0 Å². The van der Waals surface area contributed by atoms with E-state index in [2.05, 4.69) is 0 Å². The minimum atomic E-state index is -0.344. The van der Waals surface area contributed by atoms with Crippen molar-refractivity contribution in [3.63, 3.8) is 0 Å². The third kappa shape index (κ3) is 3.93. The minimum Gasteiger partial charge on any atom is -0.338 e. The fourth-order valence-electron chi connectivity index (χ4n) is 3.38. The van der Waals surface area contributed by atoms with Gasteiger partial charge in [0, 0.05) is 31.7 Å². The van der Waals surface area contributed by atoms with Gasteiger partial charge in [-0.2, -0.15) is 0 Å². The van der Waals surface area contributed by atoms with Crippen LogP contribution in [0, 0.1) is 18.7 Å². The Morgan fingerprint density at radius 2 is 1.96 bits per heavy atom. The highest BCUT2D eigenvalue weighted by atomic mass is 19.1. The van der Waals surface area contributed by atoms with Crippen molar-refractivity contribution >= 4 is 17.5 Å². The molecule has 0 N–H and O–H groups in total. The molecular formula is C21H23FN2O2. The Morgan fingerprint density at radius 1 is 1.23 bits per heavy atom. The van der Waals surface area contributed by atoms with Crippen LogP contribution in [0.4, 0.5) is 10.1 Å². The van der Waals surface area contributed by atoms with E-state index in [1.807, 2.05) is 38.1 Å². The molecule has 5 heteroatoms. The minimum absolute atomic E-state index is 0.0203. The fourth-order valence-corrected chi connectivity index (χ4v) is 3.38. The first-order valence-corrected chi connectivity index (χ1v) is 8.88. The maximum absolute atomic E-state index is 13.0. The van der Waals surface area contributed by atoms with Crippen molar-refractivity contribution in [1.29, 1.82) is 0 Å². The number of hydrogen-bond donors (Lipinski definition) is 0. The summed E-state index contributed by atoms with van der Waals surface area (Å²) in [6, 6.07) is 13.9. The van der Waals surface area contributed by atoms with Gasteiger partial charge in [-0.15, -0.1) is 0 Å². The second-order valence-corrected chi connectivity index (χ2v) is 6.72. The Morgan fingerprint density at radius 3 is 2.62 bits per heavy atom. The standard InChI is InChI=1S/C21H23FN2O2/c1-3-24(19-6-4-5-15(2)11-19)21(26)17-12-20(25)23(14-17)13-16-7-9-18(22)10-8-16/h4-11,17H,3,12-14H2,1-2H3. The first-order valence-electron chi connectivity index (χ1n) is 8.88. The number of amides is 2. The van der Waals surface area contributed by atoms with Crippen molar-refractivity contribution in [3.8, 4) is 0 Å².